The summed E-state index contributed by atoms with van der Waals surface area (Å²) in [5.74, 6) is 0.00259. The fourth-order valence-electron chi connectivity index (χ4n) is 4.10. The van der Waals surface area contributed by atoms with Gasteiger partial charge in [-0.3, -0.25) is 4.79 Å². The molecule has 1 amide bonds. The van der Waals surface area contributed by atoms with Gasteiger partial charge in [0.15, 0.2) is 0 Å². The van der Waals surface area contributed by atoms with Gasteiger partial charge in [-0.25, -0.2) is 0 Å². The van der Waals surface area contributed by atoms with Crippen LogP contribution < -0.4 is 10.6 Å². The number of nitrogens with two attached hydrogens (primary N) is 1. The smallest absolute Gasteiger partial charge is 0.230 e. The molecule has 1 aliphatic heterocycles. The lowest BCUT2D eigenvalue weighted by Crippen LogP contribution is -2.40. The molecule has 1 aliphatic rings. The Balaban J connectivity index is 1.90. The number of anilines is 2. The zero-order valence-electron chi connectivity index (χ0n) is 17.8. The Morgan fingerprint density at radius 3 is 2.59 bits per heavy atom. The largest absolute Gasteiger partial charge is 0.399 e. The quantitative estimate of drug-likeness (QED) is 0.686. The average molecular weight is 396 g/mol. The van der Waals surface area contributed by atoms with Gasteiger partial charge in [-0.1, -0.05) is 37.3 Å². The molecule has 29 heavy (non-hydrogen) atoms. The van der Waals surface area contributed by atoms with Crippen LogP contribution in [-0.4, -0.2) is 44.2 Å². The molecule has 0 bridgehead atoms. The number of carbonyl (C=O) groups excluding carboxylic acids is 1. The van der Waals surface area contributed by atoms with E-state index >= 15 is 0 Å². The van der Waals surface area contributed by atoms with Crippen LogP contribution in [-0.2, 0) is 16.1 Å². The number of hydrogen-bond acceptors (Lipinski definition) is 4. The summed E-state index contributed by atoms with van der Waals surface area (Å²) < 4.78 is 5.86. The van der Waals surface area contributed by atoms with Crippen LogP contribution >= 0.6 is 0 Å². The van der Waals surface area contributed by atoms with E-state index in [2.05, 4.69) is 11.8 Å². The minimum absolute atomic E-state index is 0.107. The molecular weight excluding hydrogens is 362 g/mol. The van der Waals surface area contributed by atoms with Gasteiger partial charge in [0.05, 0.1) is 12.0 Å². The van der Waals surface area contributed by atoms with Crippen molar-refractivity contribution in [1.82, 2.24) is 4.90 Å². The minimum Gasteiger partial charge on any atom is -0.399 e. The molecule has 5 nitrogen and oxygen atoms in total. The van der Waals surface area contributed by atoms with Crippen molar-refractivity contribution < 1.29 is 9.53 Å². The number of hydrogen-bond donors (Lipinski definition) is 1. The summed E-state index contributed by atoms with van der Waals surface area (Å²) >= 11 is 0. The van der Waals surface area contributed by atoms with Crippen molar-refractivity contribution in [2.75, 3.05) is 37.9 Å². The molecule has 0 aliphatic carbocycles. The monoisotopic (exact) mass is 395 g/mol. The lowest BCUT2D eigenvalue weighted by molar-refractivity contribution is -0.135. The third kappa shape index (κ3) is 5.30. The standard InChI is InChI=1S/C24H33N3O2/c1-4-22(18-9-6-5-7-10-18)24(28)27(17-21-11-8-14-29-21)16-19-15-20(25)12-13-23(19)26(2)3/h5-7,9-10,12-13,15,21-22H,4,8,11,14,16-17,25H2,1-3H3. The van der Waals surface area contributed by atoms with Crippen LogP contribution in [0.4, 0.5) is 11.4 Å². The SMILES string of the molecule is CCC(C(=O)N(Cc1cc(N)ccc1N(C)C)CC1CCCO1)c1ccccc1. The Morgan fingerprint density at radius 1 is 1.21 bits per heavy atom. The number of amides is 1. The Bertz CT molecular complexity index is 801. The molecule has 2 unspecified atom stereocenters. The third-order valence-electron chi connectivity index (χ3n) is 5.61. The molecule has 2 aromatic rings. The van der Waals surface area contributed by atoms with E-state index in [0.717, 1.165) is 42.7 Å². The average Bonchev–Trinajstić information content (AvgIpc) is 3.22. The molecule has 2 atom stereocenters. The number of carbonyl (C=O) groups is 1. The molecule has 1 heterocycles. The molecule has 156 valence electrons. The number of nitrogens with zero attached hydrogens (tertiary/aromatic N) is 2. The van der Waals surface area contributed by atoms with Gasteiger partial charge in [-0.05, 0) is 48.6 Å². The molecule has 0 saturated carbocycles. The predicted octanol–water partition coefficient (Wildman–Crippen LogP) is 4.04. The minimum atomic E-state index is -0.151. The first-order valence-corrected chi connectivity index (χ1v) is 10.5. The molecule has 3 rings (SSSR count). The van der Waals surface area contributed by atoms with Crippen LogP contribution in [0.15, 0.2) is 48.5 Å². The summed E-state index contributed by atoms with van der Waals surface area (Å²) in [4.78, 5) is 17.7. The lowest BCUT2D eigenvalue weighted by Gasteiger charge is -2.31. The zero-order valence-corrected chi connectivity index (χ0v) is 17.8. The highest BCUT2D eigenvalue weighted by Gasteiger charge is 2.29. The molecular formula is C24H33N3O2. The van der Waals surface area contributed by atoms with E-state index in [1.54, 1.807) is 0 Å². The van der Waals surface area contributed by atoms with Gasteiger partial charge < -0.3 is 20.3 Å². The van der Waals surface area contributed by atoms with Gasteiger partial charge in [-0.2, -0.15) is 0 Å². The van der Waals surface area contributed by atoms with Crippen LogP contribution in [0.2, 0.25) is 0 Å². The van der Waals surface area contributed by atoms with Gasteiger partial charge in [-0.15, -0.1) is 0 Å². The van der Waals surface area contributed by atoms with Crippen molar-refractivity contribution in [3.05, 3.63) is 59.7 Å². The third-order valence-corrected chi connectivity index (χ3v) is 5.61. The van der Waals surface area contributed by atoms with E-state index < -0.39 is 0 Å². The molecule has 2 N–H and O–H groups in total. The second kappa shape index (κ2) is 9.79. The molecule has 1 fully saturated rings. The fourth-order valence-corrected chi connectivity index (χ4v) is 4.10. The predicted molar refractivity (Wildman–Crippen MR) is 119 cm³/mol. The Kier molecular flexibility index (Phi) is 7.15. The highest BCUT2D eigenvalue weighted by molar-refractivity contribution is 5.84. The van der Waals surface area contributed by atoms with E-state index in [4.69, 9.17) is 10.5 Å². The maximum Gasteiger partial charge on any atom is 0.230 e. The number of rotatable bonds is 8. The molecule has 0 radical (unpaired) electrons. The Morgan fingerprint density at radius 2 is 1.97 bits per heavy atom. The van der Waals surface area contributed by atoms with E-state index in [9.17, 15) is 4.79 Å². The van der Waals surface area contributed by atoms with E-state index in [-0.39, 0.29) is 17.9 Å². The van der Waals surface area contributed by atoms with Crippen molar-refractivity contribution in [3.8, 4) is 0 Å². The van der Waals surface area contributed by atoms with Crippen LogP contribution in [0.1, 0.15) is 43.2 Å². The molecule has 1 saturated heterocycles. The summed E-state index contributed by atoms with van der Waals surface area (Å²) in [7, 11) is 4.03. The van der Waals surface area contributed by atoms with Gasteiger partial charge in [0.25, 0.3) is 0 Å². The summed E-state index contributed by atoms with van der Waals surface area (Å²) in [6.45, 7) is 4.00. The van der Waals surface area contributed by atoms with E-state index in [0.29, 0.717) is 18.8 Å². The first kappa shape index (κ1) is 21.2. The summed E-state index contributed by atoms with van der Waals surface area (Å²) in [5, 5.41) is 0. The number of nitrogen functional groups attached to an aromatic ring is 1. The highest BCUT2D eigenvalue weighted by Crippen LogP contribution is 2.28. The van der Waals surface area contributed by atoms with Crippen molar-refractivity contribution in [1.29, 1.82) is 0 Å². The van der Waals surface area contributed by atoms with Crippen molar-refractivity contribution in [3.63, 3.8) is 0 Å². The Labute approximate surface area is 174 Å². The topological polar surface area (TPSA) is 58.8 Å². The first-order chi connectivity index (χ1) is 14.0. The zero-order chi connectivity index (χ0) is 20.8. The van der Waals surface area contributed by atoms with Crippen molar-refractivity contribution >= 4 is 17.3 Å². The van der Waals surface area contributed by atoms with Crippen molar-refractivity contribution in [2.24, 2.45) is 0 Å². The summed E-state index contributed by atoms with van der Waals surface area (Å²) in [5.41, 5.74) is 9.99. The second-order valence-electron chi connectivity index (χ2n) is 8.01. The Hall–Kier alpha value is -2.53. The number of ether oxygens (including phenoxy) is 1. The van der Waals surface area contributed by atoms with E-state index in [1.165, 1.54) is 0 Å². The maximum absolute atomic E-state index is 13.7. The first-order valence-electron chi connectivity index (χ1n) is 10.5. The van der Waals surface area contributed by atoms with Gasteiger partial charge >= 0.3 is 0 Å². The van der Waals surface area contributed by atoms with Crippen LogP contribution in [0.25, 0.3) is 0 Å². The molecule has 2 aromatic carbocycles. The molecule has 5 heteroatoms. The molecule has 0 aromatic heterocycles. The van der Waals surface area contributed by atoms with Gasteiger partial charge in [0, 0.05) is 45.2 Å². The molecule has 0 spiro atoms. The highest BCUT2D eigenvalue weighted by atomic mass is 16.5. The normalized spacial score (nSPS) is 17.1. The summed E-state index contributed by atoms with van der Waals surface area (Å²) in [6, 6.07) is 16.0. The van der Waals surface area contributed by atoms with Crippen LogP contribution in [0.5, 0.6) is 0 Å². The van der Waals surface area contributed by atoms with Gasteiger partial charge in [0.1, 0.15) is 0 Å². The van der Waals surface area contributed by atoms with Crippen LogP contribution in [0.3, 0.4) is 0 Å². The second-order valence-corrected chi connectivity index (χ2v) is 8.01. The number of benzene rings is 2. The fraction of sp³-hybridized carbons (Fsp3) is 0.458. The lowest BCUT2D eigenvalue weighted by atomic mass is 9.94. The van der Waals surface area contributed by atoms with Crippen LogP contribution in [0, 0.1) is 0 Å². The maximum atomic E-state index is 13.7. The summed E-state index contributed by atoms with van der Waals surface area (Å²) in [6.07, 6.45) is 2.94. The van der Waals surface area contributed by atoms with Crippen molar-refractivity contribution in [2.45, 2.75) is 44.8 Å². The van der Waals surface area contributed by atoms with Gasteiger partial charge in [0.2, 0.25) is 5.91 Å². The van der Waals surface area contributed by atoms with E-state index in [1.807, 2.05) is 67.5 Å².